The molecule has 1 fully saturated rings. The first-order valence-corrected chi connectivity index (χ1v) is 7.16. The molecular weight excluding hydrogens is 266 g/mol. The van der Waals surface area contributed by atoms with E-state index in [2.05, 4.69) is 10.3 Å². The van der Waals surface area contributed by atoms with E-state index in [9.17, 15) is 9.59 Å². The van der Waals surface area contributed by atoms with Crippen molar-refractivity contribution in [1.29, 1.82) is 0 Å². The minimum Gasteiger partial charge on any atom is -0.480 e. The summed E-state index contributed by atoms with van der Waals surface area (Å²) >= 11 is 1.34. The lowest BCUT2D eigenvalue weighted by atomic mass is 10.2. The molecule has 2 rings (SSSR count). The average molecular weight is 283 g/mol. The third kappa shape index (κ3) is 3.66. The summed E-state index contributed by atoms with van der Waals surface area (Å²) in [5, 5.41) is 14.0. The number of carboxylic acid groups (broad SMARTS) is 1. The lowest BCUT2D eigenvalue weighted by molar-refractivity contribution is -0.138. The fourth-order valence-electron chi connectivity index (χ4n) is 2.30. The predicted octanol–water partition coefficient (Wildman–Crippen LogP) is 2.31. The molecule has 2 amide bonds. The van der Waals surface area contributed by atoms with Gasteiger partial charge in [0.2, 0.25) is 0 Å². The summed E-state index contributed by atoms with van der Waals surface area (Å²) in [5.74, 6) is -0.989. The van der Waals surface area contributed by atoms with Crippen LogP contribution >= 0.6 is 11.3 Å². The van der Waals surface area contributed by atoms with Crippen LogP contribution in [0.15, 0.2) is 5.38 Å². The number of carboxylic acids is 1. The van der Waals surface area contributed by atoms with Gasteiger partial charge < -0.3 is 10.0 Å². The number of amides is 2. The maximum absolute atomic E-state index is 12.2. The van der Waals surface area contributed by atoms with E-state index in [0.29, 0.717) is 5.13 Å². The zero-order chi connectivity index (χ0) is 13.8. The van der Waals surface area contributed by atoms with Gasteiger partial charge in [0.15, 0.2) is 5.13 Å². The molecule has 1 aliphatic rings. The Morgan fingerprint density at radius 3 is 2.74 bits per heavy atom. The molecule has 19 heavy (non-hydrogen) atoms. The Labute approximate surface area is 115 Å². The van der Waals surface area contributed by atoms with E-state index < -0.39 is 5.97 Å². The summed E-state index contributed by atoms with van der Waals surface area (Å²) < 4.78 is 0. The molecule has 0 atom stereocenters. The van der Waals surface area contributed by atoms with Crippen molar-refractivity contribution >= 4 is 28.5 Å². The van der Waals surface area contributed by atoms with E-state index in [1.807, 2.05) is 12.3 Å². The number of urea groups is 1. The molecule has 0 radical (unpaired) electrons. The third-order valence-electron chi connectivity index (χ3n) is 3.16. The number of hydrogen-bond donors (Lipinski definition) is 2. The third-order valence-corrected chi connectivity index (χ3v) is 4.04. The topological polar surface area (TPSA) is 82.5 Å². The Balaban J connectivity index is 2.04. The SMILES string of the molecule is Cc1csc(NC(=O)N(CC(=O)O)C2CCCC2)n1. The molecule has 2 N–H and O–H groups in total. The van der Waals surface area contributed by atoms with E-state index in [-0.39, 0.29) is 18.6 Å². The fraction of sp³-hybridized carbons (Fsp3) is 0.583. The minimum absolute atomic E-state index is 0.0251. The number of carbonyl (C=O) groups is 2. The van der Waals surface area contributed by atoms with Gasteiger partial charge in [-0.1, -0.05) is 12.8 Å². The molecular formula is C12H17N3O3S. The molecule has 6 nitrogen and oxygen atoms in total. The van der Waals surface area contributed by atoms with E-state index in [1.165, 1.54) is 16.2 Å². The second kappa shape index (κ2) is 6.01. The molecule has 1 aromatic heterocycles. The molecule has 1 aliphatic carbocycles. The van der Waals surface area contributed by atoms with Crippen molar-refractivity contribution in [1.82, 2.24) is 9.88 Å². The van der Waals surface area contributed by atoms with Crippen LogP contribution in [0, 0.1) is 6.92 Å². The Hall–Kier alpha value is -1.63. The number of nitrogens with one attached hydrogen (secondary N) is 1. The highest BCUT2D eigenvalue weighted by atomic mass is 32.1. The monoisotopic (exact) mass is 283 g/mol. The van der Waals surface area contributed by atoms with Crippen LogP contribution in [0.1, 0.15) is 31.4 Å². The zero-order valence-electron chi connectivity index (χ0n) is 10.8. The van der Waals surface area contributed by atoms with Gasteiger partial charge in [-0.15, -0.1) is 11.3 Å². The first-order valence-electron chi connectivity index (χ1n) is 6.28. The lowest BCUT2D eigenvalue weighted by Crippen LogP contribution is -2.44. The Morgan fingerprint density at radius 2 is 2.21 bits per heavy atom. The number of aromatic nitrogens is 1. The number of rotatable bonds is 4. The van der Waals surface area contributed by atoms with Gasteiger partial charge in [-0.25, -0.2) is 9.78 Å². The average Bonchev–Trinajstić information content (AvgIpc) is 2.97. The van der Waals surface area contributed by atoms with Gasteiger partial charge in [0.1, 0.15) is 6.54 Å². The predicted molar refractivity (Wildman–Crippen MR) is 72.5 cm³/mol. The molecule has 0 spiro atoms. The van der Waals surface area contributed by atoms with E-state index >= 15 is 0 Å². The summed E-state index contributed by atoms with van der Waals surface area (Å²) in [6.45, 7) is 1.58. The molecule has 0 saturated heterocycles. The number of anilines is 1. The van der Waals surface area contributed by atoms with Crippen molar-refractivity contribution in [3.63, 3.8) is 0 Å². The van der Waals surface area contributed by atoms with Gasteiger partial charge in [-0.05, 0) is 19.8 Å². The highest BCUT2D eigenvalue weighted by Gasteiger charge is 2.28. The highest BCUT2D eigenvalue weighted by Crippen LogP contribution is 2.24. The first kappa shape index (κ1) is 13.8. The standard InChI is InChI=1S/C12H17N3O3S/c1-8-7-19-11(13-8)14-12(18)15(6-10(16)17)9-4-2-3-5-9/h7,9H,2-6H2,1H3,(H,16,17)(H,13,14,18). The van der Waals surface area contributed by atoms with Gasteiger partial charge in [-0.2, -0.15) is 0 Å². The maximum atomic E-state index is 12.2. The van der Waals surface area contributed by atoms with Crippen molar-refractivity contribution in [2.24, 2.45) is 0 Å². The van der Waals surface area contributed by atoms with Crippen molar-refractivity contribution < 1.29 is 14.7 Å². The summed E-state index contributed by atoms with van der Waals surface area (Å²) in [6.07, 6.45) is 3.84. The Morgan fingerprint density at radius 1 is 1.53 bits per heavy atom. The molecule has 0 unspecified atom stereocenters. The summed E-state index contributed by atoms with van der Waals surface area (Å²) in [6, 6.07) is -0.346. The van der Waals surface area contributed by atoms with Crippen molar-refractivity contribution in [3.8, 4) is 0 Å². The Kier molecular flexibility index (Phi) is 4.36. The van der Waals surface area contributed by atoms with Crippen molar-refractivity contribution in [2.45, 2.75) is 38.6 Å². The lowest BCUT2D eigenvalue weighted by Gasteiger charge is -2.26. The quantitative estimate of drug-likeness (QED) is 0.888. The van der Waals surface area contributed by atoms with Crippen LogP contribution in [0.4, 0.5) is 9.93 Å². The highest BCUT2D eigenvalue weighted by molar-refractivity contribution is 7.13. The van der Waals surface area contributed by atoms with Crippen molar-refractivity contribution in [3.05, 3.63) is 11.1 Å². The summed E-state index contributed by atoms with van der Waals surface area (Å²) in [7, 11) is 0. The second-order valence-electron chi connectivity index (χ2n) is 4.68. The van der Waals surface area contributed by atoms with Gasteiger partial charge >= 0.3 is 12.0 Å². The van der Waals surface area contributed by atoms with Crippen LogP contribution in [-0.4, -0.2) is 39.6 Å². The van der Waals surface area contributed by atoms with Crippen LogP contribution in [0.3, 0.4) is 0 Å². The Bertz CT molecular complexity index is 469. The normalized spacial score (nSPS) is 15.4. The van der Waals surface area contributed by atoms with Gasteiger partial charge in [0.05, 0.1) is 5.69 Å². The van der Waals surface area contributed by atoms with E-state index in [0.717, 1.165) is 31.4 Å². The molecule has 7 heteroatoms. The smallest absolute Gasteiger partial charge is 0.324 e. The van der Waals surface area contributed by atoms with E-state index in [1.54, 1.807) is 0 Å². The van der Waals surface area contributed by atoms with Crippen molar-refractivity contribution in [2.75, 3.05) is 11.9 Å². The van der Waals surface area contributed by atoms with Gasteiger partial charge in [-0.3, -0.25) is 10.1 Å². The van der Waals surface area contributed by atoms with Gasteiger partial charge in [0.25, 0.3) is 0 Å². The molecule has 1 heterocycles. The zero-order valence-corrected chi connectivity index (χ0v) is 11.6. The van der Waals surface area contributed by atoms with Crippen LogP contribution in [0.5, 0.6) is 0 Å². The van der Waals surface area contributed by atoms with Crippen LogP contribution in [0.2, 0.25) is 0 Å². The number of aryl methyl sites for hydroxylation is 1. The summed E-state index contributed by atoms with van der Waals surface area (Å²) in [5.41, 5.74) is 0.839. The first-order chi connectivity index (χ1) is 9.06. The van der Waals surface area contributed by atoms with Gasteiger partial charge in [0, 0.05) is 11.4 Å². The maximum Gasteiger partial charge on any atom is 0.324 e. The summed E-state index contributed by atoms with van der Waals surface area (Å²) in [4.78, 5) is 28.6. The fourth-order valence-corrected chi connectivity index (χ4v) is 2.98. The molecule has 1 saturated carbocycles. The second-order valence-corrected chi connectivity index (χ2v) is 5.54. The van der Waals surface area contributed by atoms with E-state index in [4.69, 9.17) is 5.11 Å². The number of thiazole rings is 1. The molecule has 0 aromatic carbocycles. The van der Waals surface area contributed by atoms with Crippen LogP contribution < -0.4 is 5.32 Å². The molecule has 0 bridgehead atoms. The number of carbonyl (C=O) groups excluding carboxylic acids is 1. The number of aliphatic carboxylic acids is 1. The molecule has 1 aromatic rings. The molecule has 104 valence electrons. The largest absolute Gasteiger partial charge is 0.480 e. The minimum atomic E-state index is -0.989. The molecule has 0 aliphatic heterocycles. The van der Waals surface area contributed by atoms with Crippen LogP contribution in [0.25, 0.3) is 0 Å². The van der Waals surface area contributed by atoms with Crippen LogP contribution in [-0.2, 0) is 4.79 Å². The number of hydrogen-bond acceptors (Lipinski definition) is 4. The number of nitrogens with zero attached hydrogens (tertiary/aromatic N) is 2.